The number of hydrogen-bond acceptors (Lipinski definition) is 4. The minimum Gasteiger partial charge on any atom is -0.467 e. The Morgan fingerprint density at radius 1 is 1.17 bits per heavy atom. The van der Waals surface area contributed by atoms with Gasteiger partial charge in [0.25, 0.3) is 0 Å². The number of nitrogens with one attached hydrogen (secondary N) is 1. The number of ether oxygens (including phenoxy) is 1. The van der Waals surface area contributed by atoms with E-state index in [9.17, 15) is 9.59 Å². The molecule has 1 saturated heterocycles. The third-order valence-corrected chi connectivity index (χ3v) is 4.98. The molecule has 0 spiro atoms. The minimum absolute atomic E-state index is 0.0173. The molecule has 0 bridgehead atoms. The van der Waals surface area contributed by atoms with Gasteiger partial charge in [0.05, 0.1) is 18.9 Å². The molecule has 2 aromatic rings. The summed E-state index contributed by atoms with van der Waals surface area (Å²) < 4.78 is 11.1. The van der Waals surface area contributed by atoms with Gasteiger partial charge in [0.1, 0.15) is 12.3 Å². The second-order valence-electron chi connectivity index (χ2n) is 7.30. The third kappa shape index (κ3) is 6.49. The van der Waals surface area contributed by atoms with Crippen LogP contribution in [0.4, 0.5) is 4.79 Å². The van der Waals surface area contributed by atoms with Crippen LogP contribution in [0.3, 0.4) is 0 Å². The van der Waals surface area contributed by atoms with E-state index in [0.29, 0.717) is 25.4 Å². The Morgan fingerprint density at radius 2 is 2.00 bits per heavy atom. The highest BCUT2D eigenvalue weighted by Crippen LogP contribution is 2.16. The fourth-order valence-corrected chi connectivity index (χ4v) is 3.40. The van der Waals surface area contributed by atoms with Crippen molar-refractivity contribution >= 4 is 11.9 Å². The lowest BCUT2D eigenvalue weighted by Crippen LogP contribution is -2.47. The number of carbonyl (C=O) groups is 2. The number of benzene rings is 1. The molecule has 160 valence electrons. The van der Waals surface area contributed by atoms with Crippen LogP contribution >= 0.6 is 0 Å². The van der Waals surface area contributed by atoms with E-state index in [1.807, 2.05) is 36.4 Å². The standard InChI is InChI=1S/C23H29N3O4/c1-2-12-25(23(28)24-15-19-8-4-3-5-9-19)18-22(27)26(16-20-10-6-13-29-20)17-21-11-7-14-30-21/h2-6,8-10,13,21H,1,7,11-12,14-18H2,(H,24,28). The molecule has 1 aliphatic heterocycles. The Kier molecular flexibility index (Phi) is 8.09. The molecule has 3 amide bonds. The van der Waals surface area contributed by atoms with Crippen molar-refractivity contribution in [3.63, 3.8) is 0 Å². The molecule has 1 aromatic heterocycles. The summed E-state index contributed by atoms with van der Waals surface area (Å²) in [5.74, 6) is 0.545. The number of urea groups is 1. The van der Waals surface area contributed by atoms with E-state index in [0.717, 1.165) is 25.0 Å². The average molecular weight is 412 g/mol. The van der Waals surface area contributed by atoms with Crippen LogP contribution in [0.2, 0.25) is 0 Å². The first-order valence-corrected chi connectivity index (χ1v) is 10.2. The summed E-state index contributed by atoms with van der Waals surface area (Å²) in [5, 5.41) is 2.87. The monoisotopic (exact) mass is 411 g/mol. The van der Waals surface area contributed by atoms with Crippen LogP contribution in [-0.4, -0.2) is 54.1 Å². The summed E-state index contributed by atoms with van der Waals surface area (Å²) in [6.07, 6.45) is 5.15. The van der Waals surface area contributed by atoms with Crippen LogP contribution < -0.4 is 5.32 Å². The zero-order chi connectivity index (χ0) is 21.2. The molecule has 1 aromatic carbocycles. The van der Waals surface area contributed by atoms with Crippen LogP contribution in [0.15, 0.2) is 65.8 Å². The smallest absolute Gasteiger partial charge is 0.318 e. The Morgan fingerprint density at radius 3 is 2.67 bits per heavy atom. The minimum atomic E-state index is -0.304. The lowest BCUT2D eigenvalue weighted by Gasteiger charge is -2.28. The fraction of sp³-hybridized carbons (Fsp3) is 0.391. The van der Waals surface area contributed by atoms with Crippen LogP contribution in [0.1, 0.15) is 24.2 Å². The second kappa shape index (κ2) is 11.2. The maximum absolute atomic E-state index is 13.1. The quantitative estimate of drug-likeness (QED) is 0.610. The summed E-state index contributed by atoms with van der Waals surface area (Å²) >= 11 is 0. The first-order valence-electron chi connectivity index (χ1n) is 10.2. The van der Waals surface area contributed by atoms with Crippen molar-refractivity contribution in [2.75, 3.05) is 26.2 Å². The molecule has 1 unspecified atom stereocenters. The number of rotatable bonds is 10. The average Bonchev–Trinajstić information content (AvgIpc) is 3.46. The van der Waals surface area contributed by atoms with Gasteiger partial charge in [-0.1, -0.05) is 36.4 Å². The van der Waals surface area contributed by atoms with E-state index < -0.39 is 0 Å². The molecule has 1 N–H and O–H groups in total. The molecule has 1 atom stereocenters. The number of furan rings is 1. The molecule has 7 nitrogen and oxygen atoms in total. The lowest BCUT2D eigenvalue weighted by atomic mass is 10.2. The van der Waals surface area contributed by atoms with Gasteiger partial charge in [-0.2, -0.15) is 0 Å². The van der Waals surface area contributed by atoms with Gasteiger partial charge in [0, 0.05) is 26.2 Å². The van der Waals surface area contributed by atoms with Gasteiger partial charge < -0.3 is 24.3 Å². The van der Waals surface area contributed by atoms with E-state index >= 15 is 0 Å². The molecule has 0 saturated carbocycles. The van der Waals surface area contributed by atoms with Crippen LogP contribution in [0.5, 0.6) is 0 Å². The predicted octanol–water partition coefficient (Wildman–Crippen LogP) is 3.19. The number of hydrogen-bond donors (Lipinski definition) is 1. The van der Waals surface area contributed by atoms with E-state index in [2.05, 4.69) is 11.9 Å². The highest BCUT2D eigenvalue weighted by Gasteiger charge is 2.26. The van der Waals surface area contributed by atoms with Gasteiger partial charge in [-0.15, -0.1) is 6.58 Å². The SMILES string of the molecule is C=CCN(CC(=O)N(Cc1ccco1)CC1CCCO1)C(=O)NCc1ccccc1. The largest absolute Gasteiger partial charge is 0.467 e. The van der Waals surface area contributed by atoms with Crippen molar-refractivity contribution in [1.29, 1.82) is 0 Å². The van der Waals surface area contributed by atoms with Crippen molar-refractivity contribution in [2.24, 2.45) is 0 Å². The van der Waals surface area contributed by atoms with Gasteiger partial charge in [0.2, 0.25) is 5.91 Å². The van der Waals surface area contributed by atoms with Crippen LogP contribution in [0, 0.1) is 0 Å². The highest BCUT2D eigenvalue weighted by molar-refractivity contribution is 5.84. The molecule has 0 radical (unpaired) electrons. The molecule has 0 aliphatic carbocycles. The number of carbonyl (C=O) groups excluding carboxylic acids is 2. The Balaban J connectivity index is 1.61. The Labute approximate surface area is 177 Å². The molecule has 3 rings (SSSR count). The summed E-state index contributed by atoms with van der Waals surface area (Å²) in [6.45, 7) is 5.90. The predicted molar refractivity (Wildman–Crippen MR) is 114 cm³/mol. The highest BCUT2D eigenvalue weighted by atomic mass is 16.5. The molecule has 30 heavy (non-hydrogen) atoms. The summed E-state index contributed by atoms with van der Waals surface area (Å²) in [5.41, 5.74) is 0.994. The fourth-order valence-electron chi connectivity index (χ4n) is 3.40. The maximum Gasteiger partial charge on any atom is 0.318 e. The third-order valence-electron chi connectivity index (χ3n) is 4.98. The molecule has 7 heteroatoms. The molecule has 2 heterocycles. The first-order chi connectivity index (χ1) is 14.7. The van der Waals surface area contributed by atoms with Gasteiger partial charge in [-0.3, -0.25) is 4.79 Å². The van der Waals surface area contributed by atoms with Crippen LogP contribution in [0.25, 0.3) is 0 Å². The van der Waals surface area contributed by atoms with E-state index in [4.69, 9.17) is 9.15 Å². The Hall–Kier alpha value is -3.06. The van der Waals surface area contributed by atoms with Gasteiger partial charge >= 0.3 is 6.03 Å². The van der Waals surface area contributed by atoms with Crippen molar-refractivity contribution in [1.82, 2.24) is 15.1 Å². The van der Waals surface area contributed by atoms with E-state index in [-0.39, 0.29) is 31.1 Å². The maximum atomic E-state index is 13.1. The zero-order valence-electron chi connectivity index (χ0n) is 17.2. The molecular weight excluding hydrogens is 382 g/mol. The van der Waals surface area contributed by atoms with Crippen molar-refractivity contribution in [3.8, 4) is 0 Å². The molecule has 1 aliphatic rings. The molecular formula is C23H29N3O4. The summed E-state index contributed by atoms with van der Waals surface area (Å²) in [4.78, 5) is 28.9. The Bertz CT molecular complexity index is 801. The van der Waals surface area contributed by atoms with E-state index in [1.165, 1.54) is 4.90 Å². The van der Waals surface area contributed by atoms with Crippen molar-refractivity contribution < 1.29 is 18.7 Å². The molecule has 1 fully saturated rings. The van der Waals surface area contributed by atoms with Gasteiger partial charge in [-0.05, 0) is 30.5 Å². The number of nitrogens with zero attached hydrogens (tertiary/aromatic N) is 2. The summed E-state index contributed by atoms with van der Waals surface area (Å²) in [6, 6.07) is 13.0. The topological polar surface area (TPSA) is 75.0 Å². The van der Waals surface area contributed by atoms with Crippen molar-refractivity contribution in [2.45, 2.75) is 32.0 Å². The van der Waals surface area contributed by atoms with E-state index in [1.54, 1.807) is 23.3 Å². The zero-order valence-corrected chi connectivity index (χ0v) is 17.2. The van der Waals surface area contributed by atoms with Gasteiger partial charge in [0.15, 0.2) is 0 Å². The van der Waals surface area contributed by atoms with Crippen molar-refractivity contribution in [3.05, 3.63) is 72.7 Å². The normalized spacial score (nSPS) is 15.5. The lowest BCUT2D eigenvalue weighted by molar-refractivity contribution is -0.134. The number of amides is 3. The first kappa shape index (κ1) is 21.6. The summed E-state index contributed by atoms with van der Waals surface area (Å²) in [7, 11) is 0. The van der Waals surface area contributed by atoms with Gasteiger partial charge in [-0.25, -0.2) is 4.79 Å². The van der Waals surface area contributed by atoms with Crippen LogP contribution in [-0.2, 0) is 22.6 Å². The second-order valence-corrected chi connectivity index (χ2v) is 7.30.